The van der Waals surface area contributed by atoms with Gasteiger partial charge in [0.1, 0.15) is 11.5 Å². The number of hydrogen-bond acceptors (Lipinski definition) is 4. The molecule has 4 nitrogen and oxygen atoms in total. The molecule has 0 amide bonds. The number of ether oxygens (including phenoxy) is 2. The molecule has 0 aliphatic heterocycles. The van der Waals surface area contributed by atoms with Gasteiger partial charge < -0.3 is 19.3 Å². The molecule has 0 spiro atoms. The summed E-state index contributed by atoms with van der Waals surface area (Å²) in [5, 5.41) is 0. The lowest BCUT2D eigenvalue weighted by Gasteiger charge is -2.28. The van der Waals surface area contributed by atoms with Crippen molar-refractivity contribution in [3.63, 3.8) is 0 Å². The lowest BCUT2D eigenvalue weighted by Crippen LogP contribution is -2.12. The van der Waals surface area contributed by atoms with E-state index < -0.39 is 0 Å². The Labute approximate surface area is 308 Å². The summed E-state index contributed by atoms with van der Waals surface area (Å²) < 4.78 is 11.6. The molecule has 7 aromatic carbocycles. The summed E-state index contributed by atoms with van der Waals surface area (Å²) in [5.74, 6) is 1.83. The molecule has 0 unspecified atom stereocenters. The topological polar surface area (TPSA) is 24.9 Å². The summed E-state index contributed by atoms with van der Waals surface area (Å²) >= 11 is 0. The van der Waals surface area contributed by atoms with Gasteiger partial charge in [0.25, 0.3) is 0 Å². The fourth-order valence-electron chi connectivity index (χ4n) is 7.22. The maximum Gasteiger partial charge on any atom is 0.126 e. The van der Waals surface area contributed by atoms with Gasteiger partial charge in [0.15, 0.2) is 0 Å². The molecule has 0 aliphatic rings. The van der Waals surface area contributed by atoms with E-state index in [1.165, 1.54) is 22.3 Å². The lowest BCUT2D eigenvalue weighted by atomic mass is 9.99. The highest BCUT2D eigenvalue weighted by Gasteiger charge is 2.19. The second kappa shape index (κ2) is 14.9. The summed E-state index contributed by atoms with van der Waals surface area (Å²) in [5.41, 5.74) is 15.7. The van der Waals surface area contributed by atoms with E-state index >= 15 is 0 Å². The van der Waals surface area contributed by atoms with Gasteiger partial charge in [-0.1, -0.05) is 97.1 Å². The number of nitrogens with zero attached hydrogens (tertiary/aromatic N) is 2. The molecule has 0 saturated carbocycles. The number of anilines is 6. The fourth-order valence-corrected chi connectivity index (χ4v) is 7.22. The van der Waals surface area contributed by atoms with Gasteiger partial charge in [-0.25, -0.2) is 0 Å². The zero-order chi connectivity index (χ0) is 36.2. The van der Waals surface area contributed by atoms with Crippen LogP contribution in [0.4, 0.5) is 34.1 Å². The van der Waals surface area contributed by atoms with Gasteiger partial charge in [0.05, 0.1) is 25.6 Å². The number of aryl methyl sites for hydroxylation is 2. The predicted octanol–water partition coefficient (Wildman–Crippen LogP) is 13.2. The molecule has 0 bridgehead atoms. The van der Waals surface area contributed by atoms with Crippen molar-refractivity contribution in [3.05, 3.63) is 180 Å². The molecule has 52 heavy (non-hydrogen) atoms. The molecule has 0 fully saturated rings. The SMILES string of the molecule is COc1c(C)ccc(N(c2ccccc2)c2ccc(-c3ccc(-c4ccc(N(c5ccccc5)c5ccc(C)c(OC)c5C)cc4)cc3)cc2)c1C. The van der Waals surface area contributed by atoms with Crippen LogP contribution < -0.4 is 19.3 Å². The Morgan fingerprint density at radius 2 is 0.615 bits per heavy atom. The van der Waals surface area contributed by atoms with Crippen molar-refractivity contribution >= 4 is 34.1 Å². The molecule has 0 aromatic heterocycles. The van der Waals surface area contributed by atoms with E-state index in [2.05, 4.69) is 195 Å². The maximum absolute atomic E-state index is 5.79. The van der Waals surface area contributed by atoms with E-state index in [4.69, 9.17) is 9.47 Å². The minimum absolute atomic E-state index is 0.917. The molecule has 258 valence electrons. The van der Waals surface area contributed by atoms with Crippen LogP contribution in [0, 0.1) is 27.7 Å². The zero-order valence-corrected chi connectivity index (χ0v) is 30.7. The minimum Gasteiger partial charge on any atom is -0.496 e. The van der Waals surface area contributed by atoms with Gasteiger partial charge in [-0.3, -0.25) is 0 Å². The van der Waals surface area contributed by atoms with Gasteiger partial charge in [-0.15, -0.1) is 0 Å². The van der Waals surface area contributed by atoms with Crippen molar-refractivity contribution in [1.29, 1.82) is 0 Å². The van der Waals surface area contributed by atoms with Gasteiger partial charge in [-0.2, -0.15) is 0 Å². The second-order valence-electron chi connectivity index (χ2n) is 13.1. The van der Waals surface area contributed by atoms with Crippen molar-refractivity contribution in [1.82, 2.24) is 0 Å². The Balaban J connectivity index is 1.16. The highest BCUT2D eigenvalue weighted by Crippen LogP contribution is 2.43. The fraction of sp³-hybridized carbons (Fsp3) is 0.125. The molecule has 0 heterocycles. The quantitative estimate of drug-likeness (QED) is 0.144. The molecular formula is C48H44N2O2. The Bertz CT molecular complexity index is 2120. The lowest BCUT2D eigenvalue weighted by molar-refractivity contribution is 0.408. The number of benzene rings is 7. The molecule has 7 aromatic rings. The minimum atomic E-state index is 0.917. The monoisotopic (exact) mass is 680 g/mol. The molecule has 0 N–H and O–H groups in total. The largest absolute Gasteiger partial charge is 0.496 e. The van der Waals surface area contributed by atoms with Gasteiger partial charge in [-0.05, 0) is 122 Å². The number of hydrogen-bond donors (Lipinski definition) is 0. The third kappa shape index (κ3) is 6.63. The van der Waals surface area contributed by atoms with Crippen LogP contribution in [-0.4, -0.2) is 14.2 Å². The Morgan fingerprint density at radius 3 is 0.923 bits per heavy atom. The molecule has 0 saturated heterocycles. The zero-order valence-electron chi connectivity index (χ0n) is 30.7. The molecule has 4 heteroatoms. The van der Waals surface area contributed by atoms with E-state index in [0.29, 0.717) is 0 Å². The summed E-state index contributed by atoms with van der Waals surface area (Å²) in [7, 11) is 3.48. The van der Waals surface area contributed by atoms with E-state index in [1.807, 2.05) is 0 Å². The first-order valence-electron chi connectivity index (χ1n) is 17.7. The van der Waals surface area contributed by atoms with Crippen LogP contribution in [0.3, 0.4) is 0 Å². The summed E-state index contributed by atoms with van der Waals surface area (Å²) in [6.07, 6.45) is 0. The second-order valence-corrected chi connectivity index (χ2v) is 13.1. The average Bonchev–Trinajstić information content (AvgIpc) is 3.19. The molecular weight excluding hydrogens is 637 g/mol. The van der Waals surface area contributed by atoms with Crippen molar-refractivity contribution in [2.24, 2.45) is 0 Å². The average molecular weight is 681 g/mol. The van der Waals surface area contributed by atoms with Gasteiger partial charge in [0.2, 0.25) is 0 Å². The Hall–Kier alpha value is -6.26. The molecule has 7 rings (SSSR count). The standard InChI is InChI=1S/C48H44N2O2/c1-33-17-31-45(35(3)47(33)51-5)49(41-13-9-7-10-14-41)43-27-23-39(24-28-43)37-19-21-38(22-20-37)40-25-29-44(30-26-40)50(42-15-11-8-12-16-42)46-32-18-34(2)48(52-6)36(46)4/h7-32H,1-6H3. The van der Waals surface area contributed by atoms with Crippen LogP contribution in [0.1, 0.15) is 22.3 Å². The first-order valence-corrected chi connectivity index (χ1v) is 17.7. The number of para-hydroxylation sites is 2. The Kier molecular flexibility index (Phi) is 9.81. The molecule has 0 aliphatic carbocycles. The van der Waals surface area contributed by atoms with Crippen molar-refractivity contribution in [2.45, 2.75) is 27.7 Å². The van der Waals surface area contributed by atoms with Gasteiger partial charge >= 0.3 is 0 Å². The third-order valence-corrected chi connectivity index (χ3v) is 9.87. The number of rotatable bonds is 10. The summed E-state index contributed by atoms with van der Waals surface area (Å²) in [6, 6.07) is 56.0. The maximum atomic E-state index is 5.79. The van der Waals surface area contributed by atoms with E-state index in [1.54, 1.807) is 14.2 Å². The van der Waals surface area contributed by atoms with E-state index in [9.17, 15) is 0 Å². The van der Waals surface area contributed by atoms with E-state index in [0.717, 1.165) is 67.9 Å². The van der Waals surface area contributed by atoms with Crippen molar-refractivity contribution in [2.75, 3.05) is 24.0 Å². The first kappa shape index (κ1) is 34.2. The normalized spacial score (nSPS) is 10.9. The van der Waals surface area contributed by atoms with Gasteiger partial charge in [0, 0.05) is 33.9 Å². The highest BCUT2D eigenvalue weighted by atomic mass is 16.5. The van der Waals surface area contributed by atoms with Crippen molar-refractivity contribution in [3.8, 4) is 33.8 Å². The highest BCUT2D eigenvalue weighted by molar-refractivity contribution is 5.83. The first-order chi connectivity index (χ1) is 25.4. The van der Waals surface area contributed by atoms with Crippen LogP contribution in [0.15, 0.2) is 158 Å². The number of methoxy groups -OCH3 is 2. The smallest absolute Gasteiger partial charge is 0.126 e. The molecule has 0 radical (unpaired) electrons. The Morgan fingerprint density at radius 1 is 0.327 bits per heavy atom. The van der Waals surface area contributed by atoms with Crippen LogP contribution in [-0.2, 0) is 0 Å². The van der Waals surface area contributed by atoms with Crippen LogP contribution >= 0.6 is 0 Å². The molecule has 0 atom stereocenters. The van der Waals surface area contributed by atoms with Crippen molar-refractivity contribution < 1.29 is 9.47 Å². The van der Waals surface area contributed by atoms with Crippen LogP contribution in [0.2, 0.25) is 0 Å². The predicted molar refractivity (Wildman–Crippen MR) is 219 cm³/mol. The van der Waals surface area contributed by atoms with E-state index in [-0.39, 0.29) is 0 Å². The van der Waals surface area contributed by atoms with Crippen LogP contribution in [0.25, 0.3) is 22.3 Å². The summed E-state index contributed by atoms with van der Waals surface area (Å²) in [6.45, 7) is 8.43. The third-order valence-electron chi connectivity index (χ3n) is 9.87. The summed E-state index contributed by atoms with van der Waals surface area (Å²) in [4.78, 5) is 4.59. The van der Waals surface area contributed by atoms with Crippen LogP contribution in [0.5, 0.6) is 11.5 Å².